The van der Waals surface area contributed by atoms with E-state index in [0.717, 1.165) is 25.7 Å². The first-order valence-corrected chi connectivity index (χ1v) is 10.2. The summed E-state index contributed by atoms with van der Waals surface area (Å²) in [5.74, 6) is 1.47. The summed E-state index contributed by atoms with van der Waals surface area (Å²) in [6.45, 7) is 0. The molecule has 0 unspecified atom stereocenters. The number of nitrogens with zero attached hydrogens (tertiary/aromatic N) is 1. The molecule has 4 rings (SSSR count). The minimum Gasteiger partial charge on any atom is -0.456 e. The van der Waals surface area contributed by atoms with E-state index in [1.165, 1.54) is 0 Å². The molecule has 0 atom stereocenters. The van der Waals surface area contributed by atoms with Gasteiger partial charge in [0.05, 0.1) is 15.2 Å². The summed E-state index contributed by atoms with van der Waals surface area (Å²) in [6, 6.07) is 6.63. The Balaban J connectivity index is 1.43. The first kappa shape index (κ1) is 19.0. The van der Waals surface area contributed by atoms with E-state index < -0.39 is 0 Å². The third kappa shape index (κ3) is 4.94. The predicted molar refractivity (Wildman–Crippen MR) is 110 cm³/mol. The van der Waals surface area contributed by atoms with Crippen molar-refractivity contribution in [1.29, 1.82) is 0 Å². The molecule has 1 aromatic heterocycles. The maximum Gasteiger partial charge on any atom is 0.319 e. The summed E-state index contributed by atoms with van der Waals surface area (Å²) in [5.41, 5.74) is 0.498. The quantitative estimate of drug-likeness (QED) is 0.564. The molecule has 0 spiro atoms. The molecular weight excluding hydrogens is 448 g/mol. The number of carbonyl (C=O) groups is 2. The molecule has 1 aromatic carbocycles. The highest BCUT2D eigenvalue weighted by molar-refractivity contribution is 9.10. The minimum absolute atomic E-state index is 0.0243. The van der Waals surface area contributed by atoms with E-state index in [4.69, 9.17) is 16.3 Å². The SMILES string of the molecule is O=C(Nc1ccc(Oc2cc(NC(=O)C3CC3)ncc2Br)cc1Cl)NC1CC1. The molecule has 1 heterocycles. The van der Waals surface area contributed by atoms with E-state index in [-0.39, 0.29) is 23.9 Å². The summed E-state index contributed by atoms with van der Waals surface area (Å²) in [4.78, 5) is 27.9. The van der Waals surface area contributed by atoms with Crippen molar-refractivity contribution in [1.82, 2.24) is 10.3 Å². The zero-order valence-electron chi connectivity index (χ0n) is 14.8. The lowest BCUT2D eigenvalue weighted by Crippen LogP contribution is -2.30. The summed E-state index contributed by atoms with van der Waals surface area (Å²) in [6.07, 6.45) is 5.43. The standard InChI is InChI=1S/C19H18BrClN4O3/c20-13-9-22-17(25-18(26)10-1-2-10)8-16(13)28-12-5-6-15(14(21)7-12)24-19(27)23-11-3-4-11/h5-11H,1-4H2,(H,22,25,26)(H2,23,24,27). The highest BCUT2D eigenvalue weighted by Crippen LogP contribution is 2.35. The third-order valence-electron chi connectivity index (χ3n) is 4.35. The number of halogens is 2. The maximum atomic E-state index is 11.9. The van der Waals surface area contributed by atoms with Crippen LogP contribution in [0.25, 0.3) is 0 Å². The molecule has 3 N–H and O–H groups in total. The Morgan fingerprint density at radius 3 is 2.61 bits per heavy atom. The highest BCUT2D eigenvalue weighted by atomic mass is 79.9. The number of carbonyl (C=O) groups excluding carboxylic acids is 2. The van der Waals surface area contributed by atoms with Gasteiger partial charge >= 0.3 is 6.03 Å². The van der Waals surface area contributed by atoms with Crippen LogP contribution < -0.4 is 20.7 Å². The molecular formula is C19H18BrClN4O3. The number of ether oxygens (including phenoxy) is 1. The van der Waals surface area contributed by atoms with Crippen molar-refractivity contribution < 1.29 is 14.3 Å². The van der Waals surface area contributed by atoms with Gasteiger partial charge in [-0.15, -0.1) is 0 Å². The number of hydrogen-bond donors (Lipinski definition) is 3. The van der Waals surface area contributed by atoms with Gasteiger partial charge in [-0.3, -0.25) is 4.79 Å². The van der Waals surface area contributed by atoms with Crippen LogP contribution in [0.3, 0.4) is 0 Å². The van der Waals surface area contributed by atoms with Gasteiger partial charge in [-0.1, -0.05) is 11.6 Å². The number of anilines is 2. The van der Waals surface area contributed by atoms with Gasteiger partial charge in [0.25, 0.3) is 0 Å². The molecule has 3 amide bonds. The second-order valence-corrected chi connectivity index (χ2v) is 8.14. The zero-order valence-corrected chi connectivity index (χ0v) is 17.1. The Bertz CT molecular complexity index is 931. The number of aromatic nitrogens is 1. The fraction of sp³-hybridized carbons (Fsp3) is 0.316. The van der Waals surface area contributed by atoms with Gasteiger partial charge in [0.1, 0.15) is 17.3 Å². The van der Waals surface area contributed by atoms with E-state index in [9.17, 15) is 9.59 Å². The molecule has 0 radical (unpaired) electrons. The molecule has 0 aliphatic heterocycles. The summed E-state index contributed by atoms with van der Waals surface area (Å²) in [5, 5.41) is 8.71. The van der Waals surface area contributed by atoms with E-state index >= 15 is 0 Å². The number of pyridine rings is 1. The largest absolute Gasteiger partial charge is 0.456 e. The van der Waals surface area contributed by atoms with Crippen LogP contribution in [0.1, 0.15) is 25.7 Å². The van der Waals surface area contributed by atoms with Gasteiger partial charge in [0.2, 0.25) is 5.91 Å². The first-order valence-electron chi connectivity index (χ1n) is 8.99. The molecule has 0 saturated heterocycles. The third-order valence-corrected chi connectivity index (χ3v) is 5.26. The van der Waals surface area contributed by atoms with E-state index in [0.29, 0.717) is 32.5 Å². The fourth-order valence-corrected chi connectivity index (χ4v) is 3.02. The Kier molecular flexibility index (Phi) is 5.41. The molecule has 2 aliphatic rings. The number of amides is 3. The van der Waals surface area contributed by atoms with E-state index in [1.54, 1.807) is 30.5 Å². The van der Waals surface area contributed by atoms with Crippen molar-refractivity contribution in [2.45, 2.75) is 31.7 Å². The zero-order chi connectivity index (χ0) is 19.7. The van der Waals surface area contributed by atoms with Gasteiger partial charge in [0, 0.05) is 30.3 Å². The number of nitrogens with one attached hydrogen (secondary N) is 3. The van der Waals surface area contributed by atoms with Crippen LogP contribution in [0, 0.1) is 5.92 Å². The number of hydrogen-bond acceptors (Lipinski definition) is 4. The average Bonchev–Trinajstić information content (AvgIpc) is 3.53. The Labute approximate surface area is 175 Å². The predicted octanol–water partition coefficient (Wildman–Crippen LogP) is 4.92. The van der Waals surface area contributed by atoms with Crippen LogP contribution in [0.15, 0.2) is 34.9 Å². The minimum atomic E-state index is -0.272. The Morgan fingerprint density at radius 2 is 1.93 bits per heavy atom. The molecule has 2 saturated carbocycles. The smallest absolute Gasteiger partial charge is 0.319 e. The van der Waals surface area contributed by atoms with Gasteiger partial charge in [-0.2, -0.15) is 0 Å². The van der Waals surface area contributed by atoms with Crippen molar-refractivity contribution in [3.05, 3.63) is 40.0 Å². The highest BCUT2D eigenvalue weighted by Gasteiger charge is 2.30. The van der Waals surface area contributed by atoms with Gasteiger partial charge in [-0.05, 0) is 53.7 Å². The van der Waals surface area contributed by atoms with Crippen LogP contribution in [0.4, 0.5) is 16.3 Å². The molecule has 9 heteroatoms. The lowest BCUT2D eigenvalue weighted by atomic mass is 10.3. The van der Waals surface area contributed by atoms with E-state index in [2.05, 4.69) is 36.9 Å². The Hall–Kier alpha value is -2.32. The topological polar surface area (TPSA) is 92.4 Å². The second kappa shape index (κ2) is 7.97. The van der Waals surface area contributed by atoms with Crippen molar-refractivity contribution in [2.75, 3.05) is 10.6 Å². The monoisotopic (exact) mass is 464 g/mol. The fourth-order valence-electron chi connectivity index (χ4n) is 2.50. The van der Waals surface area contributed by atoms with Crippen LogP contribution >= 0.6 is 27.5 Å². The van der Waals surface area contributed by atoms with Crippen molar-refractivity contribution in [3.63, 3.8) is 0 Å². The van der Waals surface area contributed by atoms with Gasteiger partial charge in [0.15, 0.2) is 0 Å². The maximum absolute atomic E-state index is 11.9. The normalized spacial score (nSPS) is 15.6. The van der Waals surface area contributed by atoms with Crippen LogP contribution in [-0.4, -0.2) is 23.0 Å². The van der Waals surface area contributed by atoms with Crippen molar-refractivity contribution in [3.8, 4) is 11.5 Å². The van der Waals surface area contributed by atoms with Crippen molar-refractivity contribution in [2.24, 2.45) is 5.92 Å². The Morgan fingerprint density at radius 1 is 1.14 bits per heavy atom. The van der Waals surface area contributed by atoms with Crippen LogP contribution in [-0.2, 0) is 4.79 Å². The number of rotatable bonds is 6. The second-order valence-electron chi connectivity index (χ2n) is 6.88. The number of urea groups is 1. The van der Waals surface area contributed by atoms with Gasteiger partial charge in [-0.25, -0.2) is 9.78 Å². The number of benzene rings is 1. The lowest BCUT2D eigenvalue weighted by Gasteiger charge is -2.12. The average molecular weight is 466 g/mol. The van der Waals surface area contributed by atoms with E-state index in [1.807, 2.05) is 0 Å². The first-order chi connectivity index (χ1) is 13.5. The summed E-state index contributed by atoms with van der Waals surface area (Å²) >= 11 is 9.66. The molecule has 2 aromatic rings. The molecule has 146 valence electrons. The summed E-state index contributed by atoms with van der Waals surface area (Å²) in [7, 11) is 0. The van der Waals surface area contributed by atoms with Crippen LogP contribution in [0.2, 0.25) is 5.02 Å². The van der Waals surface area contributed by atoms with Crippen molar-refractivity contribution >= 4 is 51.0 Å². The molecule has 2 aliphatic carbocycles. The van der Waals surface area contributed by atoms with Crippen LogP contribution in [0.5, 0.6) is 11.5 Å². The summed E-state index contributed by atoms with van der Waals surface area (Å²) < 4.78 is 6.51. The molecule has 7 nitrogen and oxygen atoms in total. The molecule has 28 heavy (non-hydrogen) atoms. The molecule has 2 fully saturated rings. The van der Waals surface area contributed by atoms with Gasteiger partial charge < -0.3 is 20.7 Å². The lowest BCUT2D eigenvalue weighted by molar-refractivity contribution is -0.117. The molecule has 0 bridgehead atoms.